The highest BCUT2D eigenvalue weighted by molar-refractivity contribution is 5.68. The molecule has 0 unspecified atom stereocenters. The molecule has 0 radical (unpaired) electrons. The molecule has 0 aromatic heterocycles. The number of rotatable bonds is 9. The fourth-order valence-corrected chi connectivity index (χ4v) is 3.25. The van der Waals surface area contributed by atoms with Crippen LogP contribution in [-0.2, 0) is 11.2 Å². The molecule has 3 N–H and O–H groups in total. The van der Waals surface area contributed by atoms with Gasteiger partial charge in [0.2, 0.25) is 0 Å². The van der Waals surface area contributed by atoms with Crippen molar-refractivity contribution >= 4 is 6.09 Å². The van der Waals surface area contributed by atoms with E-state index in [4.69, 9.17) is 4.74 Å². The number of carbonyl (C=O) groups is 1. The molecule has 27 heavy (non-hydrogen) atoms. The predicted octanol–water partition coefficient (Wildman–Crippen LogP) is 2.17. The van der Waals surface area contributed by atoms with Gasteiger partial charge in [-0.3, -0.25) is 0 Å². The van der Waals surface area contributed by atoms with Crippen molar-refractivity contribution in [3.8, 4) is 0 Å². The summed E-state index contributed by atoms with van der Waals surface area (Å²) in [6.07, 6.45) is 1.91. The molecular formula is C21H35N3O3. The molecule has 2 atom stereocenters. The number of aliphatic hydroxyl groups is 1. The Balaban J connectivity index is 1.85. The molecule has 1 fully saturated rings. The third-order valence-corrected chi connectivity index (χ3v) is 4.62. The smallest absolute Gasteiger partial charge is 0.407 e. The largest absolute Gasteiger partial charge is 0.444 e. The lowest BCUT2D eigenvalue weighted by Gasteiger charge is -2.27. The van der Waals surface area contributed by atoms with Gasteiger partial charge in [0.25, 0.3) is 0 Å². The van der Waals surface area contributed by atoms with Crippen molar-refractivity contribution < 1.29 is 14.6 Å². The summed E-state index contributed by atoms with van der Waals surface area (Å²) in [5.74, 6) is 0. The monoisotopic (exact) mass is 377 g/mol. The number of benzene rings is 1. The zero-order valence-electron chi connectivity index (χ0n) is 16.9. The summed E-state index contributed by atoms with van der Waals surface area (Å²) in [6, 6.07) is 9.45. The molecule has 1 amide bonds. The highest BCUT2D eigenvalue weighted by Gasteiger charge is 2.25. The summed E-state index contributed by atoms with van der Waals surface area (Å²) in [5.41, 5.74) is 0.495. The minimum absolute atomic E-state index is 0.415. The highest BCUT2D eigenvalue weighted by Crippen LogP contribution is 2.10. The quantitative estimate of drug-likeness (QED) is 0.575. The van der Waals surface area contributed by atoms with E-state index in [-0.39, 0.29) is 0 Å². The average molecular weight is 378 g/mol. The first-order valence-corrected chi connectivity index (χ1v) is 9.98. The minimum atomic E-state index is -0.698. The van der Waals surface area contributed by atoms with Crippen LogP contribution >= 0.6 is 0 Å². The van der Waals surface area contributed by atoms with E-state index in [9.17, 15) is 9.90 Å². The first-order valence-electron chi connectivity index (χ1n) is 9.98. The number of hydrogen-bond acceptors (Lipinski definition) is 5. The van der Waals surface area contributed by atoms with Crippen molar-refractivity contribution in [2.45, 2.75) is 57.8 Å². The van der Waals surface area contributed by atoms with E-state index in [1.165, 1.54) is 25.9 Å². The fraction of sp³-hybridized carbons (Fsp3) is 0.667. The van der Waals surface area contributed by atoms with Crippen molar-refractivity contribution in [2.24, 2.45) is 0 Å². The van der Waals surface area contributed by atoms with E-state index >= 15 is 0 Å². The van der Waals surface area contributed by atoms with Crippen molar-refractivity contribution in [2.75, 3.05) is 32.7 Å². The molecule has 0 saturated carbocycles. The second kappa shape index (κ2) is 10.6. The molecule has 1 aliphatic rings. The maximum absolute atomic E-state index is 12.2. The molecule has 1 saturated heterocycles. The Morgan fingerprint density at radius 1 is 1.22 bits per heavy atom. The van der Waals surface area contributed by atoms with Gasteiger partial charge in [-0.15, -0.1) is 0 Å². The van der Waals surface area contributed by atoms with Gasteiger partial charge in [-0.2, -0.15) is 0 Å². The van der Waals surface area contributed by atoms with Gasteiger partial charge in [-0.1, -0.05) is 30.3 Å². The zero-order chi connectivity index (χ0) is 19.7. The molecule has 0 aliphatic carbocycles. The minimum Gasteiger partial charge on any atom is -0.444 e. The van der Waals surface area contributed by atoms with E-state index < -0.39 is 23.8 Å². The third kappa shape index (κ3) is 8.73. The fourth-order valence-electron chi connectivity index (χ4n) is 3.25. The zero-order valence-corrected chi connectivity index (χ0v) is 16.9. The van der Waals surface area contributed by atoms with Crippen molar-refractivity contribution in [1.29, 1.82) is 0 Å². The van der Waals surface area contributed by atoms with Crippen LogP contribution in [0.1, 0.15) is 39.2 Å². The van der Waals surface area contributed by atoms with Crippen LogP contribution in [-0.4, -0.2) is 66.6 Å². The normalized spacial score (nSPS) is 17.5. The molecule has 0 spiro atoms. The van der Waals surface area contributed by atoms with E-state index in [1.54, 1.807) is 0 Å². The number of likely N-dealkylation sites (tertiary alicyclic amines) is 1. The summed E-state index contributed by atoms with van der Waals surface area (Å²) < 4.78 is 5.36. The number of aliphatic hydroxyl groups excluding tert-OH is 1. The van der Waals surface area contributed by atoms with E-state index in [0.717, 1.165) is 18.7 Å². The Labute approximate surface area is 163 Å². The van der Waals surface area contributed by atoms with Gasteiger partial charge in [-0.05, 0) is 58.7 Å². The second-order valence-corrected chi connectivity index (χ2v) is 8.26. The lowest BCUT2D eigenvalue weighted by atomic mass is 10.0. The molecule has 6 heteroatoms. The Hall–Kier alpha value is -1.63. The number of ether oxygens (including phenoxy) is 1. The van der Waals surface area contributed by atoms with Gasteiger partial charge in [0, 0.05) is 19.6 Å². The van der Waals surface area contributed by atoms with Gasteiger partial charge < -0.3 is 25.4 Å². The van der Waals surface area contributed by atoms with Gasteiger partial charge in [0.1, 0.15) is 5.60 Å². The maximum atomic E-state index is 12.2. The third-order valence-electron chi connectivity index (χ3n) is 4.62. The van der Waals surface area contributed by atoms with Gasteiger partial charge in [-0.25, -0.2) is 4.79 Å². The Kier molecular flexibility index (Phi) is 8.54. The van der Waals surface area contributed by atoms with Crippen LogP contribution in [0.25, 0.3) is 0 Å². The summed E-state index contributed by atoms with van der Waals surface area (Å²) in [6.45, 7) is 10.1. The topological polar surface area (TPSA) is 73.8 Å². The van der Waals surface area contributed by atoms with Crippen LogP contribution in [0.3, 0.4) is 0 Å². The maximum Gasteiger partial charge on any atom is 0.407 e. The van der Waals surface area contributed by atoms with Crippen molar-refractivity contribution in [3.05, 3.63) is 35.9 Å². The van der Waals surface area contributed by atoms with Crippen molar-refractivity contribution in [3.63, 3.8) is 0 Å². The number of alkyl carbamates (subject to hydrolysis) is 1. The number of amides is 1. The number of nitrogens with one attached hydrogen (secondary N) is 2. The molecule has 6 nitrogen and oxygen atoms in total. The Bertz CT molecular complexity index is 554. The highest BCUT2D eigenvalue weighted by atomic mass is 16.6. The lowest BCUT2D eigenvalue weighted by Crippen LogP contribution is -2.50. The van der Waals surface area contributed by atoms with Crippen LogP contribution < -0.4 is 10.6 Å². The Morgan fingerprint density at radius 2 is 1.89 bits per heavy atom. The van der Waals surface area contributed by atoms with Gasteiger partial charge >= 0.3 is 6.09 Å². The number of hydrogen-bond donors (Lipinski definition) is 3. The Morgan fingerprint density at radius 3 is 2.52 bits per heavy atom. The first kappa shape index (κ1) is 21.7. The van der Waals surface area contributed by atoms with Crippen LogP contribution in [0.5, 0.6) is 0 Å². The standard InChI is InChI=1S/C21H35N3O3/c1-21(2,3)27-20(26)23-18(15-17-9-5-4-6-10-17)19(25)16-22-11-14-24-12-7-8-13-24/h4-6,9-10,18-19,22,25H,7-8,11-16H2,1-3H3,(H,23,26)/t18-,19+/m0/s1. The molecule has 1 aromatic carbocycles. The number of carbonyl (C=O) groups excluding carboxylic acids is 1. The average Bonchev–Trinajstić information content (AvgIpc) is 3.10. The van der Waals surface area contributed by atoms with Crippen LogP contribution in [0.4, 0.5) is 4.79 Å². The molecule has 1 aliphatic heterocycles. The second-order valence-electron chi connectivity index (χ2n) is 8.26. The summed E-state index contributed by atoms with van der Waals surface area (Å²) >= 11 is 0. The molecule has 2 rings (SSSR count). The van der Waals surface area contributed by atoms with Crippen molar-refractivity contribution in [1.82, 2.24) is 15.5 Å². The van der Waals surface area contributed by atoms with Crippen LogP contribution in [0.2, 0.25) is 0 Å². The summed E-state index contributed by atoms with van der Waals surface area (Å²) in [7, 11) is 0. The van der Waals surface area contributed by atoms with Gasteiger partial charge in [0.15, 0.2) is 0 Å². The molecular weight excluding hydrogens is 342 g/mol. The van der Waals surface area contributed by atoms with Crippen LogP contribution in [0.15, 0.2) is 30.3 Å². The van der Waals surface area contributed by atoms with E-state index in [2.05, 4.69) is 15.5 Å². The lowest BCUT2D eigenvalue weighted by molar-refractivity contribution is 0.0422. The van der Waals surface area contributed by atoms with Gasteiger partial charge in [0.05, 0.1) is 12.1 Å². The summed E-state index contributed by atoms with van der Waals surface area (Å²) in [4.78, 5) is 14.6. The van der Waals surface area contributed by atoms with E-state index in [1.807, 2.05) is 51.1 Å². The SMILES string of the molecule is CC(C)(C)OC(=O)N[C@@H](Cc1ccccc1)[C@H](O)CNCCN1CCCC1. The molecule has 0 bridgehead atoms. The molecule has 1 aromatic rings. The number of nitrogens with zero attached hydrogens (tertiary/aromatic N) is 1. The molecule has 1 heterocycles. The molecule has 152 valence electrons. The van der Waals surface area contributed by atoms with E-state index in [0.29, 0.717) is 13.0 Å². The van der Waals surface area contributed by atoms with Crippen LogP contribution in [0, 0.1) is 0 Å². The predicted molar refractivity (Wildman–Crippen MR) is 108 cm³/mol. The first-order chi connectivity index (χ1) is 12.8. The summed E-state index contributed by atoms with van der Waals surface area (Å²) in [5, 5.41) is 16.8.